The van der Waals surface area contributed by atoms with E-state index in [1.54, 1.807) is 4.90 Å². The first-order valence-electron chi connectivity index (χ1n) is 9.78. The Hall–Kier alpha value is -3.38. The van der Waals surface area contributed by atoms with Crippen LogP contribution in [0.2, 0.25) is 0 Å². The van der Waals surface area contributed by atoms with E-state index in [4.69, 9.17) is 21.7 Å². The number of nitrogens with one attached hydrogen (secondary N) is 1. The van der Waals surface area contributed by atoms with Gasteiger partial charge in [0.15, 0.2) is 0 Å². The maximum Gasteiger partial charge on any atom is 0.261 e. The number of benzene rings is 3. The number of likely N-dealkylation sites (tertiary alicyclic amines) is 1. The molecular weight excluding hydrogens is 396 g/mol. The van der Waals surface area contributed by atoms with Crippen LogP contribution in [-0.2, 0) is 16.1 Å². The van der Waals surface area contributed by atoms with Crippen LogP contribution in [0, 0.1) is 0 Å². The molecule has 1 heterocycles. The maximum atomic E-state index is 12.4. The number of hydrogen-bond acceptors (Lipinski definition) is 4. The van der Waals surface area contributed by atoms with Crippen molar-refractivity contribution in [3.05, 3.63) is 90.5 Å². The fourth-order valence-electron chi connectivity index (χ4n) is 3.30. The predicted octanol–water partition coefficient (Wildman–Crippen LogP) is 4.99. The molecule has 1 aliphatic rings. The number of thiocarbonyl (C=S) groups is 1. The Morgan fingerprint density at radius 3 is 2.27 bits per heavy atom. The van der Waals surface area contributed by atoms with Crippen LogP contribution in [0.15, 0.2) is 84.9 Å². The third kappa shape index (κ3) is 5.36. The second-order valence-electron chi connectivity index (χ2n) is 7.06. The van der Waals surface area contributed by atoms with Gasteiger partial charge in [-0.2, -0.15) is 0 Å². The number of anilines is 1. The summed E-state index contributed by atoms with van der Waals surface area (Å²) in [5.74, 6) is 1.61. The van der Waals surface area contributed by atoms with Crippen molar-refractivity contribution in [2.24, 2.45) is 0 Å². The van der Waals surface area contributed by atoms with E-state index >= 15 is 0 Å². The lowest BCUT2D eigenvalue weighted by molar-refractivity contribution is -0.128. The summed E-state index contributed by atoms with van der Waals surface area (Å²) in [7, 11) is 0. The van der Waals surface area contributed by atoms with Crippen molar-refractivity contribution >= 4 is 29.0 Å². The number of amides is 1. The van der Waals surface area contributed by atoms with Crippen molar-refractivity contribution in [2.75, 3.05) is 11.9 Å². The van der Waals surface area contributed by atoms with Crippen molar-refractivity contribution in [2.45, 2.75) is 19.1 Å². The molecule has 0 bridgehead atoms. The number of nitrogens with zero attached hydrogens (tertiary/aromatic N) is 1. The summed E-state index contributed by atoms with van der Waals surface area (Å²) in [6, 6.07) is 27.0. The minimum absolute atomic E-state index is 0.0622. The first-order valence-corrected chi connectivity index (χ1v) is 10.2. The van der Waals surface area contributed by atoms with Gasteiger partial charge in [0.2, 0.25) is 5.91 Å². The fourth-order valence-corrected chi connectivity index (χ4v) is 3.55. The van der Waals surface area contributed by atoms with Gasteiger partial charge in [0.1, 0.15) is 17.6 Å². The maximum absolute atomic E-state index is 12.4. The van der Waals surface area contributed by atoms with Gasteiger partial charge < -0.3 is 19.7 Å². The minimum atomic E-state index is -0.248. The molecule has 4 rings (SSSR count). The van der Waals surface area contributed by atoms with Gasteiger partial charge in [-0.25, -0.2) is 0 Å². The normalized spacial score (nSPS) is 15.7. The number of ether oxygens (including phenoxy) is 2. The molecule has 6 heteroatoms. The molecule has 1 aliphatic heterocycles. The smallest absolute Gasteiger partial charge is 0.261 e. The van der Waals surface area contributed by atoms with Crippen LogP contribution in [-0.4, -0.2) is 28.6 Å². The number of carbonyl (C=O) groups is 1. The van der Waals surface area contributed by atoms with E-state index in [9.17, 15) is 4.79 Å². The van der Waals surface area contributed by atoms with Gasteiger partial charge in [0, 0.05) is 12.2 Å². The Labute approximate surface area is 181 Å². The molecule has 0 spiro atoms. The van der Waals surface area contributed by atoms with Crippen LogP contribution in [0.4, 0.5) is 5.69 Å². The monoisotopic (exact) mass is 418 g/mol. The second kappa shape index (κ2) is 9.41. The molecule has 0 aliphatic carbocycles. The molecule has 30 heavy (non-hydrogen) atoms. The first-order chi connectivity index (χ1) is 14.7. The molecule has 1 saturated heterocycles. The molecule has 1 atom stereocenters. The molecule has 1 unspecified atom stereocenters. The summed E-state index contributed by atoms with van der Waals surface area (Å²) in [6.45, 7) is 1.04. The third-order valence-corrected chi connectivity index (χ3v) is 4.95. The van der Waals surface area contributed by atoms with E-state index in [-0.39, 0.29) is 17.2 Å². The molecular formula is C24H22N2O3S. The van der Waals surface area contributed by atoms with E-state index in [0.29, 0.717) is 19.5 Å². The molecule has 3 aromatic carbocycles. The molecule has 152 valence electrons. The lowest BCUT2D eigenvalue weighted by atomic mass is 10.2. The van der Waals surface area contributed by atoms with Crippen molar-refractivity contribution in [3.8, 4) is 11.5 Å². The Kier molecular flexibility index (Phi) is 6.25. The highest BCUT2D eigenvalue weighted by Gasteiger charge is 2.31. The zero-order chi connectivity index (χ0) is 20.8. The molecule has 0 radical (unpaired) electrons. The van der Waals surface area contributed by atoms with Gasteiger partial charge in [-0.1, -0.05) is 48.5 Å². The summed E-state index contributed by atoms with van der Waals surface area (Å²) in [4.78, 5) is 14.2. The largest absolute Gasteiger partial charge is 0.465 e. The molecule has 1 N–H and O–H groups in total. The van der Waals surface area contributed by atoms with Gasteiger partial charge in [-0.05, 0) is 54.2 Å². The Morgan fingerprint density at radius 1 is 0.933 bits per heavy atom. The quantitative estimate of drug-likeness (QED) is 0.572. The number of hydrogen-bond donors (Lipinski definition) is 1. The van der Waals surface area contributed by atoms with E-state index in [1.807, 2.05) is 84.9 Å². The van der Waals surface area contributed by atoms with Gasteiger partial charge in [-0.15, -0.1) is 0 Å². The van der Waals surface area contributed by atoms with E-state index < -0.39 is 0 Å². The van der Waals surface area contributed by atoms with Gasteiger partial charge in [-0.3, -0.25) is 4.79 Å². The highest BCUT2D eigenvalue weighted by Crippen LogP contribution is 2.23. The highest BCUT2D eigenvalue weighted by atomic mass is 32.1. The molecule has 0 aromatic heterocycles. The molecule has 5 nitrogen and oxygen atoms in total. The van der Waals surface area contributed by atoms with Crippen LogP contribution in [0.3, 0.4) is 0 Å². The lowest BCUT2D eigenvalue weighted by Crippen LogP contribution is -2.27. The highest BCUT2D eigenvalue weighted by molar-refractivity contribution is 7.80. The summed E-state index contributed by atoms with van der Waals surface area (Å²) >= 11 is 5.27. The Morgan fingerprint density at radius 2 is 1.57 bits per heavy atom. The van der Waals surface area contributed by atoms with Crippen molar-refractivity contribution in [3.63, 3.8) is 0 Å². The Bertz CT molecular complexity index is 994. The average molecular weight is 419 g/mol. The topological polar surface area (TPSA) is 50.8 Å². The van der Waals surface area contributed by atoms with Crippen LogP contribution < -0.4 is 10.1 Å². The van der Waals surface area contributed by atoms with Gasteiger partial charge in [0.25, 0.3) is 5.17 Å². The second-order valence-corrected chi connectivity index (χ2v) is 7.43. The molecule has 0 saturated carbocycles. The van der Waals surface area contributed by atoms with E-state index in [0.717, 1.165) is 22.7 Å². The number of para-hydroxylation sites is 2. The van der Waals surface area contributed by atoms with Crippen molar-refractivity contribution < 1.29 is 14.3 Å². The van der Waals surface area contributed by atoms with E-state index in [2.05, 4.69) is 5.32 Å². The zero-order valence-electron chi connectivity index (χ0n) is 16.4. The van der Waals surface area contributed by atoms with Crippen LogP contribution in [0.5, 0.6) is 11.5 Å². The summed E-state index contributed by atoms with van der Waals surface area (Å²) < 4.78 is 11.6. The Balaban J connectivity index is 1.28. The molecule has 3 aromatic rings. The van der Waals surface area contributed by atoms with Gasteiger partial charge in [0.05, 0.1) is 13.0 Å². The van der Waals surface area contributed by atoms with Crippen LogP contribution in [0.25, 0.3) is 0 Å². The summed E-state index contributed by atoms with van der Waals surface area (Å²) in [6.07, 6.45) is 0.0770. The minimum Gasteiger partial charge on any atom is -0.465 e. The fraction of sp³-hybridized carbons (Fsp3) is 0.167. The van der Waals surface area contributed by atoms with Crippen LogP contribution in [0.1, 0.15) is 12.0 Å². The standard InChI is InChI=1S/C24H22N2O3S/c27-23-15-22(29-24(30)25-19-7-3-1-4-8-19)17-26(23)16-18-11-13-21(14-12-18)28-20-9-5-2-6-10-20/h1-14,22H,15-17H2,(H,25,30). The summed E-state index contributed by atoms with van der Waals surface area (Å²) in [5.41, 5.74) is 1.90. The zero-order valence-corrected chi connectivity index (χ0v) is 17.2. The van der Waals surface area contributed by atoms with E-state index in [1.165, 1.54) is 0 Å². The number of rotatable bonds is 6. The molecule has 1 fully saturated rings. The lowest BCUT2D eigenvalue weighted by Gasteiger charge is -2.18. The SMILES string of the molecule is O=C1CC(OC(=S)Nc2ccccc2)CN1Cc1ccc(Oc2ccccc2)cc1. The number of carbonyl (C=O) groups excluding carboxylic acids is 1. The van der Waals surface area contributed by atoms with Gasteiger partial charge >= 0.3 is 0 Å². The summed E-state index contributed by atoms with van der Waals surface area (Å²) in [5, 5.41) is 3.32. The molecule has 1 amide bonds. The van der Waals surface area contributed by atoms with Crippen molar-refractivity contribution in [1.29, 1.82) is 0 Å². The average Bonchev–Trinajstić information content (AvgIpc) is 3.09. The first kappa shape index (κ1) is 19.9. The third-order valence-electron chi connectivity index (χ3n) is 4.75. The predicted molar refractivity (Wildman–Crippen MR) is 121 cm³/mol. The van der Waals surface area contributed by atoms with Crippen molar-refractivity contribution in [1.82, 2.24) is 4.90 Å². The van der Waals surface area contributed by atoms with Crippen LogP contribution >= 0.6 is 12.2 Å².